The van der Waals surface area contributed by atoms with Gasteiger partial charge in [0.15, 0.2) is 0 Å². The van der Waals surface area contributed by atoms with Crippen molar-refractivity contribution >= 4 is 33.2 Å². The van der Waals surface area contributed by atoms with Gasteiger partial charge in [0, 0.05) is 18.2 Å². The van der Waals surface area contributed by atoms with Crippen LogP contribution in [-0.2, 0) is 10.0 Å². The van der Waals surface area contributed by atoms with Crippen LogP contribution in [0.25, 0.3) is 0 Å². The number of carbonyl (C=O) groups excluding carboxylic acids is 1. The van der Waals surface area contributed by atoms with Crippen LogP contribution in [0.2, 0.25) is 5.02 Å². The Labute approximate surface area is 188 Å². The van der Waals surface area contributed by atoms with Gasteiger partial charge in [-0.15, -0.1) is 0 Å². The van der Waals surface area contributed by atoms with Crippen LogP contribution in [0.5, 0.6) is 0 Å². The lowest BCUT2D eigenvalue weighted by Gasteiger charge is -2.56. The van der Waals surface area contributed by atoms with E-state index in [0.29, 0.717) is 29.0 Å². The molecule has 4 aliphatic rings. The highest BCUT2D eigenvalue weighted by molar-refractivity contribution is 7.93. The second-order valence-electron chi connectivity index (χ2n) is 9.61. The maximum atomic E-state index is 13.2. The first-order valence-corrected chi connectivity index (χ1v) is 12.7. The van der Waals surface area contributed by atoms with Crippen LogP contribution in [0.3, 0.4) is 0 Å². The van der Waals surface area contributed by atoms with E-state index in [-0.39, 0.29) is 21.4 Å². The fourth-order valence-electron chi connectivity index (χ4n) is 6.34. The normalized spacial score (nSPS) is 29.0. The number of anilines is 1. The molecule has 0 radical (unpaired) electrons. The van der Waals surface area contributed by atoms with E-state index in [1.54, 1.807) is 30.3 Å². The number of para-hydroxylation sites is 1. The van der Waals surface area contributed by atoms with Gasteiger partial charge in [-0.25, -0.2) is 8.42 Å². The van der Waals surface area contributed by atoms with Crippen molar-refractivity contribution in [2.24, 2.45) is 17.8 Å². The zero-order valence-electron chi connectivity index (χ0n) is 17.6. The van der Waals surface area contributed by atoms with Crippen LogP contribution in [0.4, 0.5) is 5.69 Å². The van der Waals surface area contributed by atoms with Crippen molar-refractivity contribution in [3.05, 3.63) is 59.1 Å². The second kappa shape index (κ2) is 7.52. The number of benzene rings is 2. The monoisotopic (exact) mass is 458 g/mol. The first kappa shape index (κ1) is 20.8. The van der Waals surface area contributed by atoms with E-state index in [2.05, 4.69) is 5.32 Å². The molecule has 4 saturated carbocycles. The van der Waals surface area contributed by atoms with E-state index in [1.807, 2.05) is 6.07 Å². The summed E-state index contributed by atoms with van der Waals surface area (Å²) in [6.45, 7) is 0. The fourth-order valence-corrected chi connectivity index (χ4v) is 8.04. The summed E-state index contributed by atoms with van der Waals surface area (Å²) in [5, 5.41) is 3.42. The van der Waals surface area contributed by atoms with Gasteiger partial charge in [-0.2, -0.15) is 0 Å². The third-order valence-electron chi connectivity index (χ3n) is 7.37. The number of hydrogen-bond donors (Lipinski definition) is 1. The Morgan fingerprint density at radius 2 is 1.58 bits per heavy atom. The molecule has 0 heterocycles. The SMILES string of the molecule is CN(c1ccccc1)S(=O)(=O)c1cc(C(=O)NC23CC4CC(CC(C4)C2)C3)ccc1Cl. The van der Waals surface area contributed by atoms with Crippen molar-refractivity contribution in [2.45, 2.75) is 49.0 Å². The highest BCUT2D eigenvalue weighted by Gasteiger charge is 2.51. The van der Waals surface area contributed by atoms with Crippen LogP contribution in [0, 0.1) is 17.8 Å². The minimum Gasteiger partial charge on any atom is -0.347 e. The number of carbonyl (C=O) groups is 1. The molecule has 2 aromatic carbocycles. The number of nitrogens with one attached hydrogen (secondary N) is 1. The summed E-state index contributed by atoms with van der Waals surface area (Å²) in [7, 11) is -2.42. The molecule has 2 aromatic rings. The number of amides is 1. The zero-order chi connectivity index (χ0) is 21.8. The van der Waals surface area contributed by atoms with Crippen molar-refractivity contribution in [1.29, 1.82) is 0 Å². The Kier molecular flexibility index (Phi) is 5.05. The number of hydrogen-bond acceptors (Lipinski definition) is 3. The Hall–Kier alpha value is -2.05. The largest absolute Gasteiger partial charge is 0.347 e. The molecule has 0 unspecified atom stereocenters. The maximum Gasteiger partial charge on any atom is 0.265 e. The van der Waals surface area contributed by atoms with E-state index < -0.39 is 10.0 Å². The number of nitrogens with zero attached hydrogens (tertiary/aromatic N) is 1. The first-order chi connectivity index (χ1) is 14.8. The molecule has 164 valence electrons. The zero-order valence-corrected chi connectivity index (χ0v) is 19.1. The van der Waals surface area contributed by atoms with Crippen molar-refractivity contribution < 1.29 is 13.2 Å². The van der Waals surface area contributed by atoms with E-state index in [4.69, 9.17) is 11.6 Å². The molecule has 1 amide bonds. The molecule has 0 aromatic heterocycles. The number of halogens is 1. The average Bonchev–Trinajstić information content (AvgIpc) is 2.72. The van der Waals surface area contributed by atoms with E-state index in [1.165, 1.54) is 42.7 Å². The van der Waals surface area contributed by atoms with E-state index >= 15 is 0 Å². The van der Waals surface area contributed by atoms with Gasteiger partial charge in [0.25, 0.3) is 15.9 Å². The van der Waals surface area contributed by atoms with Crippen LogP contribution >= 0.6 is 11.6 Å². The van der Waals surface area contributed by atoms with Crippen molar-refractivity contribution in [2.75, 3.05) is 11.4 Å². The Morgan fingerprint density at radius 1 is 1.00 bits per heavy atom. The molecule has 0 atom stereocenters. The summed E-state index contributed by atoms with van der Waals surface area (Å²) in [6, 6.07) is 13.3. The molecule has 31 heavy (non-hydrogen) atoms. The van der Waals surface area contributed by atoms with Crippen LogP contribution in [0.15, 0.2) is 53.4 Å². The maximum absolute atomic E-state index is 13.2. The van der Waals surface area contributed by atoms with Crippen LogP contribution in [0.1, 0.15) is 48.9 Å². The highest BCUT2D eigenvalue weighted by atomic mass is 35.5. The van der Waals surface area contributed by atoms with Gasteiger partial charge in [-0.05, 0) is 86.6 Å². The molecule has 4 bridgehead atoms. The van der Waals surface area contributed by atoms with Gasteiger partial charge in [-0.3, -0.25) is 9.10 Å². The number of rotatable bonds is 5. The van der Waals surface area contributed by atoms with Crippen LogP contribution in [-0.4, -0.2) is 26.9 Å². The highest BCUT2D eigenvalue weighted by Crippen LogP contribution is 2.55. The predicted molar refractivity (Wildman–Crippen MR) is 122 cm³/mol. The summed E-state index contributed by atoms with van der Waals surface area (Å²) in [6.07, 6.45) is 7.01. The van der Waals surface area contributed by atoms with E-state index in [0.717, 1.165) is 19.3 Å². The Morgan fingerprint density at radius 3 is 2.16 bits per heavy atom. The van der Waals surface area contributed by atoms with Gasteiger partial charge in [0.1, 0.15) is 4.90 Å². The van der Waals surface area contributed by atoms with Gasteiger partial charge in [-0.1, -0.05) is 29.8 Å². The Balaban J connectivity index is 1.41. The van der Waals surface area contributed by atoms with Gasteiger partial charge < -0.3 is 5.32 Å². The summed E-state index contributed by atoms with van der Waals surface area (Å²) < 4.78 is 27.7. The third-order valence-corrected chi connectivity index (χ3v) is 9.64. The summed E-state index contributed by atoms with van der Waals surface area (Å²) in [5.74, 6) is 1.93. The van der Waals surface area contributed by atoms with Crippen LogP contribution < -0.4 is 9.62 Å². The average molecular weight is 459 g/mol. The fraction of sp³-hybridized carbons (Fsp3) is 0.458. The Bertz CT molecular complexity index is 1080. The molecular formula is C24H27ClN2O3S. The van der Waals surface area contributed by atoms with Gasteiger partial charge >= 0.3 is 0 Å². The van der Waals surface area contributed by atoms with Gasteiger partial charge in [0.05, 0.1) is 10.7 Å². The predicted octanol–water partition coefficient (Wildman–Crippen LogP) is 4.86. The minimum absolute atomic E-state index is 0.0568. The summed E-state index contributed by atoms with van der Waals surface area (Å²) in [5.41, 5.74) is 0.730. The molecule has 0 spiro atoms. The topological polar surface area (TPSA) is 66.5 Å². The smallest absolute Gasteiger partial charge is 0.265 e. The molecule has 0 aliphatic heterocycles. The molecule has 5 nitrogen and oxygen atoms in total. The quantitative estimate of drug-likeness (QED) is 0.695. The molecule has 4 aliphatic carbocycles. The van der Waals surface area contributed by atoms with Crippen molar-refractivity contribution in [3.8, 4) is 0 Å². The molecule has 7 heteroatoms. The van der Waals surface area contributed by atoms with Crippen molar-refractivity contribution in [3.63, 3.8) is 0 Å². The minimum atomic E-state index is -3.91. The summed E-state index contributed by atoms with van der Waals surface area (Å²) in [4.78, 5) is 13.1. The lowest BCUT2D eigenvalue weighted by atomic mass is 9.53. The lowest BCUT2D eigenvalue weighted by molar-refractivity contribution is -0.0167. The number of sulfonamides is 1. The second-order valence-corrected chi connectivity index (χ2v) is 12.0. The summed E-state index contributed by atoms with van der Waals surface area (Å²) >= 11 is 6.28. The third kappa shape index (κ3) is 3.74. The molecular weight excluding hydrogens is 432 g/mol. The molecule has 4 fully saturated rings. The van der Waals surface area contributed by atoms with Gasteiger partial charge in [0.2, 0.25) is 0 Å². The lowest BCUT2D eigenvalue weighted by Crippen LogP contribution is -2.59. The van der Waals surface area contributed by atoms with Crippen molar-refractivity contribution in [1.82, 2.24) is 5.32 Å². The van der Waals surface area contributed by atoms with E-state index in [9.17, 15) is 13.2 Å². The first-order valence-electron chi connectivity index (χ1n) is 10.9. The molecule has 0 saturated heterocycles. The molecule has 6 rings (SSSR count). The standard InChI is InChI=1S/C24H27ClN2O3S/c1-27(20-5-3-2-4-6-20)31(29,30)22-12-19(7-8-21(22)25)23(28)26-24-13-16-9-17(14-24)11-18(10-16)15-24/h2-8,12,16-18H,9-11,13-15H2,1H3,(H,26,28). The molecule has 1 N–H and O–H groups in total.